The number of nitrogens with zero attached hydrogens (tertiary/aromatic N) is 1. The zero-order valence-electron chi connectivity index (χ0n) is 10.3. The van der Waals surface area contributed by atoms with E-state index in [0.717, 1.165) is 16.4 Å². The Morgan fingerprint density at radius 3 is 2.63 bits per heavy atom. The van der Waals surface area contributed by atoms with Gasteiger partial charge in [-0.2, -0.15) is 0 Å². The van der Waals surface area contributed by atoms with E-state index >= 15 is 0 Å². The largest absolute Gasteiger partial charge is 0.465 e. The summed E-state index contributed by atoms with van der Waals surface area (Å²) < 4.78 is 1.07. The lowest BCUT2D eigenvalue weighted by Gasteiger charge is -2.31. The molecule has 1 aromatic rings. The van der Waals surface area contributed by atoms with Crippen molar-refractivity contribution in [3.05, 3.63) is 33.4 Å². The summed E-state index contributed by atoms with van der Waals surface area (Å²) in [6, 6.07) is 7.19. The average molecular weight is 374 g/mol. The number of halogens is 1. The Morgan fingerprint density at radius 1 is 1.32 bits per heavy atom. The summed E-state index contributed by atoms with van der Waals surface area (Å²) >= 11 is 2.18. The van der Waals surface area contributed by atoms with E-state index in [1.165, 1.54) is 4.90 Å². The van der Waals surface area contributed by atoms with Crippen LogP contribution in [-0.4, -0.2) is 41.1 Å². The Kier molecular flexibility index (Phi) is 4.62. The van der Waals surface area contributed by atoms with Crippen LogP contribution in [0.15, 0.2) is 24.3 Å². The molecule has 1 atom stereocenters. The summed E-state index contributed by atoms with van der Waals surface area (Å²) in [5.74, 6) is -0.145. The van der Waals surface area contributed by atoms with E-state index in [2.05, 4.69) is 27.9 Å². The van der Waals surface area contributed by atoms with Crippen molar-refractivity contribution in [1.82, 2.24) is 10.2 Å². The second-order valence-corrected chi connectivity index (χ2v) is 5.79. The third-order valence-corrected chi connectivity index (χ3v) is 3.85. The van der Waals surface area contributed by atoms with Gasteiger partial charge in [-0.25, -0.2) is 4.79 Å². The number of hydrogen-bond donors (Lipinski definition) is 2. The van der Waals surface area contributed by atoms with Crippen molar-refractivity contribution in [2.75, 3.05) is 13.1 Å². The Bertz CT molecular complexity index is 475. The molecule has 1 heterocycles. The van der Waals surface area contributed by atoms with Crippen LogP contribution in [0.3, 0.4) is 0 Å². The van der Waals surface area contributed by atoms with Crippen LogP contribution in [0.1, 0.15) is 23.2 Å². The predicted molar refractivity (Wildman–Crippen MR) is 79.2 cm³/mol. The summed E-state index contributed by atoms with van der Waals surface area (Å²) in [6.07, 6.45) is 0.678. The second-order valence-electron chi connectivity index (χ2n) is 4.55. The minimum atomic E-state index is -0.923. The van der Waals surface area contributed by atoms with Gasteiger partial charge in [-0.05, 0) is 59.7 Å². The van der Waals surface area contributed by atoms with E-state index in [0.29, 0.717) is 18.7 Å². The maximum absolute atomic E-state index is 12.0. The number of carbonyl (C=O) groups excluding carboxylic acids is 1. The number of benzene rings is 1. The number of rotatable bonds is 2. The molecule has 2 amide bonds. The van der Waals surface area contributed by atoms with E-state index in [1.54, 1.807) is 12.1 Å². The third kappa shape index (κ3) is 3.82. The van der Waals surface area contributed by atoms with Crippen LogP contribution in [0.25, 0.3) is 0 Å². The fourth-order valence-electron chi connectivity index (χ4n) is 2.14. The molecule has 1 unspecified atom stereocenters. The highest BCUT2D eigenvalue weighted by molar-refractivity contribution is 14.1. The number of likely N-dealkylation sites (tertiary alicyclic amines) is 1. The van der Waals surface area contributed by atoms with Crippen LogP contribution in [0.2, 0.25) is 0 Å². The van der Waals surface area contributed by atoms with Crippen molar-refractivity contribution in [3.63, 3.8) is 0 Å². The molecule has 2 rings (SSSR count). The Hall–Kier alpha value is -1.31. The summed E-state index contributed by atoms with van der Waals surface area (Å²) in [4.78, 5) is 24.3. The molecule has 1 aliphatic heterocycles. The lowest BCUT2D eigenvalue weighted by molar-refractivity contribution is 0.0888. The highest BCUT2D eigenvalue weighted by Gasteiger charge is 2.24. The van der Waals surface area contributed by atoms with Gasteiger partial charge in [-0.3, -0.25) is 4.79 Å². The van der Waals surface area contributed by atoms with Crippen LogP contribution in [-0.2, 0) is 0 Å². The van der Waals surface area contributed by atoms with Crippen molar-refractivity contribution >= 4 is 34.6 Å². The number of amides is 2. The van der Waals surface area contributed by atoms with Crippen LogP contribution < -0.4 is 5.32 Å². The molecule has 1 saturated heterocycles. The molecule has 0 spiro atoms. The van der Waals surface area contributed by atoms with Gasteiger partial charge in [0.1, 0.15) is 0 Å². The maximum Gasteiger partial charge on any atom is 0.407 e. The predicted octanol–water partition coefficient (Wildman–Crippen LogP) is 2.16. The standard InChI is InChI=1S/C13H15IN2O3/c14-10-5-3-9(4-6-10)12(17)15-11-2-1-7-16(8-11)13(18)19/h3-6,11H,1-2,7-8H2,(H,15,17)(H,18,19). The molecule has 5 nitrogen and oxygen atoms in total. The zero-order chi connectivity index (χ0) is 13.8. The quantitative estimate of drug-likeness (QED) is 0.780. The molecular weight excluding hydrogens is 359 g/mol. The molecule has 2 N–H and O–H groups in total. The Labute approximate surface area is 125 Å². The lowest BCUT2D eigenvalue weighted by atomic mass is 10.1. The number of carboxylic acid groups (broad SMARTS) is 1. The molecule has 1 aromatic carbocycles. The molecule has 6 heteroatoms. The average Bonchev–Trinajstić information content (AvgIpc) is 2.39. The summed E-state index contributed by atoms with van der Waals surface area (Å²) in [6.45, 7) is 0.913. The van der Waals surface area contributed by atoms with Crippen molar-refractivity contribution in [1.29, 1.82) is 0 Å². The molecule has 1 aliphatic rings. The van der Waals surface area contributed by atoms with E-state index in [1.807, 2.05) is 12.1 Å². The van der Waals surface area contributed by atoms with E-state index in [4.69, 9.17) is 5.11 Å². The molecule has 19 heavy (non-hydrogen) atoms. The van der Waals surface area contributed by atoms with Crippen LogP contribution in [0.5, 0.6) is 0 Å². The molecule has 0 bridgehead atoms. The first-order chi connectivity index (χ1) is 9.06. The van der Waals surface area contributed by atoms with Gasteiger partial charge in [-0.15, -0.1) is 0 Å². The second kappa shape index (κ2) is 6.23. The number of hydrogen-bond acceptors (Lipinski definition) is 2. The topological polar surface area (TPSA) is 69.6 Å². The smallest absolute Gasteiger partial charge is 0.407 e. The fraction of sp³-hybridized carbons (Fsp3) is 0.385. The van der Waals surface area contributed by atoms with Gasteiger partial charge in [-0.1, -0.05) is 0 Å². The highest BCUT2D eigenvalue weighted by Crippen LogP contribution is 2.12. The minimum absolute atomic E-state index is 0.100. The highest BCUT2D eigenvalue weighted by atomic mass is 127. The molecule has 0 aliphatic carbocycles. The van der Waals surface area contributed by atoms with E-state index < -0.39 is 6.09 Å². The van der Waals surface area contributed by atoms with Gasteiger partial charge in [0, 0.05) is 28.3 Å². The first-order valence-corrected chi connectivity index (χ1v) is 7.18. The number of piperidine rings is 1. The molecule has 0 aromatic heterocycles. The van der Waals surface area contributed by atoms with Crippen molar-refractivity contribution in [3.8, 4) is 0 Å². The molecule has 102 valence electrons. The van der Waals surface area contributed by atoms with Gasteiger partial charge < -0.3 is 15.3 Å². The summed E-state index contributed by atoms with van der Waals surface area (Å²) in [7, 11) is 0. The fourth-order valence-corrected chi connectivity index (χ4v) is 2.50. The number of carbonyl (C=O) groups is 2. The van der Waals surface area contributed by atoms with Gasteiger partial charge in [0.25, 0.3) is 5.91 Å². The van der Waals surface area contributed by atoms with Gasteiger partial charge in [0.05, 0.1) is 0 Å². The first-order valence-electron chi connectivity index (χ1n) is 6.10. The number of nitrogens with one attached hydrogen (secondary N) is 1. The van der Waals surface area contributed by atoms with E-state index in [9.17, 15) is 9.59 Å². The lowest BCUT2D eigenvalue weighted by Crippen LogP contribution is -2.49. The van der Waals surface area contributed by atoms with Crippen molar-refractivity contribution < 1.29 is 14.7 Å². The Morgan fingerprint density at radius 2 is 2.00 bits per heavy atom. The zero-order valence-corrected chi connectivity index (χ0v) is 12.5. The van der Waals surface area contributed by atoms with Crippen molar-refractivity contribution in [2.45, 2.75) is 18.9 Å². The molecule has 1 fully saturated rings. The normalized spacial score (nSPS) is 19.0. The van der Waals surface area contributed by atoms with Gasteiger partial charge in [0.2, 0.25) is 0 Å². The SMILES string of the molecule is O=C(NC1CCCN(C(=O)O)C1)c1ccc(I)cc1. The Balaban J connectivity index is 1.95. The van der Waals surface area contributed by atoms with Crippen LogP contribution in [0.4, 0.5) is 4.79 Å². The minimum Gasteiger partial charge on any atom is -0.465 e. The van der Waals surface area contributed by atoms with Gasteiger partial charge in [0.15, 0.2) is 0 Å². The molecule has 0 radical (unpaired) electrons. The van der Waals surface area contributed by atoms with E-state index in [-0.39, 0.29) is 11.9 Å². The summed E-state index contributed by atoms with van der Waals surface area (Å²) in [5.41, 5.74) is 0.605. The first kappa shape index (κ1) is 14.1. The maximum atomic E-state index is 12.0. The van der Waals surface area contributed by atoms with Crippen LogP contribution >= 0.6 is 22.6 Å². The van der Waals surface area contributed by atoms with Crippen molar-refractivity contribution in [2.24, 2.45) is 0 Å². The molecule has 0 saturated carbocycles. The van der Waals surface area contributed by atoms with Crippen LogP contribution in [0, 0.1) is 3.57 Å². The molecular formula is C13H15IN2O3. The third-order valence-electron chi connectivity index (χ3n) is 3.13. The summed E-state index contributed by atoms with van der Waals surface area (Å²) in [5, 5.41) is 11.8. The monoisotopic (exact) mass is 374 g/mol. The van der Waals surface area contributed by atoms with Gasteiger partial charge >= 0.3 is 6.09 Å².